The van der Waals surface area contributed by atoms with Crippen molar-refractivity contribution in [2.75, 3.05) is 13.7 Å². The number of imide groups is 1. The molecule has 9 heteroatoms. The second-order valence-electron chi connectivity index (χ2n) is 4.54. The van der Waals surface area contributed by atoms with E-state index in [4.69, 9.17) is 0 Å². The number of allylic oxidation sites excluding steroid dienone is 2. The van der Waals surface area contributed by atoms with E-state index in [0.29, 0.717) is 17.3 Å². The Morgan fingerprint density at radius 1 is 1.38 bits per heavy atom. The number of nitrogens with zero attached hydrogens (tertiary/aromatic N) is 2. The highest BCUT2D eigenvalue weighted by atomic mass is 32.2. The third kappa shape index (κ3) is 3.87. The van der Waals surface area contributed by atoms with Gasteiger partial charge in [-0.2, -0.15) is 0 Å². The molecule has 1 aromatic rings. The number of rotatable bonds is 5. The lowest BCUT2D eigenvalue weighted by atomic mass is 10.1. The first-order valence-electron chi connectivity index (χ1n) is 6.66. The van der Waals surface area contributed by atoms with Crippen LogP contribution in [-0.2, 0) is 14.3 Å². The van der Waals surface area contributed by atoms with Gasteiger partial charge in [0.2, 0.25) is 0 Å². The van der Waals surface area contributed by atoms with E-state index in [0.717, 1.165) is 12.0 Å². The van der Waals surface area contributed by atoms with Crippen LogP contribution in [-0.4, -0.2) is 40.6 Å². The van der Waals surface area contributed by atoms with Crippen molar-refractivity contribution in [3.8, 4) is 0 Å². The molecule has 124 valence electrons. The molecule has 0 spiro atoms. The number of nitro groups is 1. The van der Waals surface area contributed by atoms with Crippen molar-refractivity contribution in [1.29, 1.82) is 0 Å². The van der Waals surface area contributed by atoms with Crippen molar-refractivity contribution < 1.29 is 24.0 Å². The molecule has 0 aromatic heterocycles. The van der Waals surface area contributed by atoms with E-state index in [9.17, 15) is 24.5 Å². The summed E-state index contributed by atoms with van der Waals surface area (Å²) in [5, 5.41) is 10.3. The van der Waals surface area contributed by atoms with Gasteiger partial charge >= 0.3 is 5.97 Å². The van der Waals surface area contributed by atoms with Gasteiger partial charge in [-0.05, 0) is 30.0 Å². The molecule has 0 atom stereocenters. The molecule has 1 aromatic carbocycles. The summed E-state index contributed by atoms with van der Waals surface area (Å²) in [7, 11) is 1.16. The van der Waals surface area contributed by atoms with Crippen LogP contribution in [0.25, 0.3) is 6.08 Å². The summed E-state index contributed by atoms with van der Waals surface area (Å²) in [5.41, 5.74) is 0.300. The van der Waals surface area contributed by atoms with Gasteiger partial charge in [0.25, 0.3) is 16.8 Å². The molecular weight excluding hydrogens is 336 g/mol. The summed E-state index contributed by atoms with van der Waals surface area (Å²) in [6.45, 7) is -0.452. The van der Waals surface area contributed by atoms with Crippen LogP contribution in [0.3, 0.4) is 0 Å². The minimum Gasteiger partial charge on any atom is -0.468 e. The molecule has 0 unspecified atom stereocenters. The number of carbonyl (C=O) groups excluding carboxylic acids is 3. The number of amides is 2. The van der Waals surface area contributed by atoms with Crippen LogP contribution in [0.1, 0.15) is 5.56 Å². The second-order valence-corrected chi connectivity index (χ2v) is 5.53. The van der Waals surface area contributed by atoms with E-state index in [1.807, 2.05) is 0 Å². The molecule has 0 aliphatic carbocycles. The van der Waals surface area contributed by atoms with E-state index in [2.05, 4.69) is 4.74 Å². The fraction of sp³-hybridized carbons (Fsp3) is 0.133. The van der Waals surface area contributed by atoms with Gasteiger partial charge in [-0.1, -0.05) is 18.2 Å². The topological polar surface area (TPSA) is 107 Å². The standard InChI is InChI=1S/C15H12N2O6S/c1-23-13(18)9-16-14(19)12(24-15(16)20)8-4-6-10-5-2-3-7-11(10)17(21)22/h2-8H,9H2,1H3. The van der Waals surface area contributed by atoms with Gasteiger partial charge in [0.1, 0.15) is 6.54 Å². The maximum atomic E-state index is 12.1. The van der Waals surface area contributed by atoms with Crippen molar-refractivity contribution in [2.45, 2.75) is 0 Å². The summed E-state index contributed by atoms with van der Waals surface area (Å²) in [5.74, 6) is -1.31. The first kappa shape index (κ1) is 17.4. The van der Waals surface area contributed by atoms with Crippen LogP contribution in [0.4, 0.5) is 10.5 Å². The minimum atomic E-state index is -0.700. The van der Waals surface area contributed by atoms with Gasteiger partial charge in [0.15, 0.2) is 0 Å². The van der Waals surface area contributed by atoms with E-state index in [1.54, 1.807) is 18.2 Å². The van der Waals surface area contributed by atoms with Crippen molar-refractivity contribution >= 4 is 40.6 Å². The molecule has 1 fully saturated rings. The average Bonchev–Trinajstić information content (AvgIpc) is 2.82. The Labute approximate surface area is 140 Å². The van der Waals surface area contributed by atoms with Crippen LogP contribution in [0.5, 0.6) is 0 Å². The van der Waals surface area contributed by atoms with Crippen LogP contribution < -0.4 is 0 Å². The SMILES string of the molecule is COC(=O)CN1C(=O)SC(=CC=Cc2ccccc2[N+](=O)[O-])C1=O. The third-order valence-corrected chi connectivity index (χ3v) is 3.97. The zero-order valence-electron chi connectivity index (χ0n) is 12.5. The third-order valence-electron chi connectivity index (χ3n) is 3.05. The number of thioether (sulfide) groups is 1. The smallest absolute Gasteiger partial charge is 0.325 e. The Kier molecular flexibility index (Phi) is 5.48. The predicted octanol–water partition coefficient (Wildman–Crippen LogP) is 2.36. The Balaban J connectivity index is 2.16. The minimum absolute atomic E-state index is 0.0686. The largest absolute Gasteiger partial charge is 0.468 e. The van der Waals surface area contributed by atoms with E-state index < -0.39 is 28.6 Å². The molecule has 24 heavy (non-hydrogen) atoms. The van der Waals surface area contributed by atoms with Gasteiger partial charge in [-0.3, -0.25) is 29.4 Å². The maximum absolute atomic E-state index is 12.1. The fourth-order valence-corrected chi connectivity index (χ4v) is 2.67. The van der Waals surface area contributed by atoms with Gasteiger partial charge in [-0.15, -0.1) is 0 Å². The molecule has 1 aliphatic rings. The van der Waals surface area contributed by atoms with Gasteiger partial charge in [0, 0.05) is 6.07 Å². The van der Waals surface area contributed by atoms with Gasteiger partial charge in [-0.25, -0.2) is 0 Å². The van der Waals surface area contributed by atoms with Crippen molar-refractivity contribution in [1.82, 2.24) is 4.90 Å². The highest BCUT2D eigenvalue weighted by Gasteiger charge is 2.36. The second kappa shape index (κ2) is 7.55. The molecule has 0 bridgehead atoms. The van der Waals surface area contributed by atoms with E-state index >= 15 is 0 Å². The molecule has 2 amide bonds. The van der Waals surface area contributed by atoms with Crippen molar-refractivity contribution in [3.05, 3.63) is 57.0 Å². The number of nitro benzene ring substituents is 1. The van der Waals surface area contributed by atoms with Crippen LogP contribution in [0.15, 0.2) is 41.3 Å². The first-order valence-corrected chi connectivity index (χ1v) is 7.48. The number of hydrogen-bond donors (Lipinski definition) is 0. The monoisotopic (exact) mass is 348 g/mol. The first-order chi connectivity index (χ1) is 11.4. The van der Waals surface area contributed by atoms with Crippen LogP contribution in [0.2, 0.25) is 0 Å². The molecule has 2 rings (SSSR count). The van der Waals surface area contributed by atoms with Crippen molar-refractivity contribution in [3.63, 3.8) is 0 Å². The normalized spacial score (nSPS) is 16.2. The summed E-state index contributed by atoms with van der Waals surface area (Å²) < 4.78 is 4.43. The molecule has 1 aliphatic heterocycles. The molecule has 0 saturated carbocycles. The maximum Gasteiger partial charge on any atom is 0.325 e. The summed E-state index contributed by atoms with van der Waals surface area (Å²) >= 11 is 0.686. The molecule has 0 radical (unpaired) electrons. The van der Waals surface area contributed by atoms with Crippen LogP contribution in [0, 0.1) is 10.1 Å². The van der Waals surface area contributed by atoms with Crippen molar-refractivity contribution in [2.24, 2.45) is 0 Å². The molecule has 1 heterocycles. The number of para-hydroxylation sites is 1. The summed E-state index contributed by atoms with van der Waals surface area (Å²) in [6.07, 6.45) is 4.28. The summed E-state index contributed by atoms with van der Waals surface area (Å²) in [6, 6.07) is 6.12. The Morgan fingerprint density at radius 3 is 2.75 bits per heavy atom. The Morgan fingerprint density at radius 2 is 2.08 bits per heavy atom. The van der Waals surface area contributed by atoms with E-state index in [-0.39, 0.29) is 10.6 Å². The highest BCUT2D eigenvalue weighted by Crippen LogP contribution is 2.30. The zero-order valence-corrected chi connectivity index (χ0v) is 13.3. The number of hydrogen-bond acceptors (Lipinski definition) is 7. The van der Waals surface area contributed by atoms with Crippen LogP contribution >= 0.6 is 11.8 Å². The van der Waals surface area contributed by atoms with Gasteiger partial charge < -0.3 is 4.74 Å². The number of ether oxygens (including phenoxy) is 1. The molecule has 0 N–H and O–H groups in total. The predicted molar refractivity (Wildman–Crippen MR) is 86.9 cm³/mol. The lowest BCUT2D eigenvalue weighted by Crippen LogP contribution is -2.34. The number of methoxy groups -OCH3 is 1. The van der Waals surface area contributed by atoms with E-state index in [1.165, 1.54) is 24.3 Å². The highest BCUT2D eigenvalue weighted by molar-refractivity contribution is 8.18. The lowest BCUT2D eigenvalue weighted by molar-refractivity contribution is -0.385. The summed E-state index contributed by atoms with van der Waals surface area (Å²) in [4.78, 5) is 46.3. The average molecular weight is 348 g/mol. The fourth-order valence-electron chi connectivity index (χ4n) is 1.88. The number of carbonyl (C=O) groups is 3. The quantitative estimate of drug-likeness (QED) is 0.348. The lowest BCUT2D eigenvalue weighted by Gasteiger charge is -2.09. The molecule has 8 nitrogen and oxygen atoms in total. The Hall–Kier alpha value is -2.94. The molecule has 1 saturated heterocycles. The number of esters is 1. The molecular formula is C15H12N2O6S. The zero-order chi connectivity index (χ0) is 17.7. The number of benzene rings is 1. The Bertz CT molecular complexity index is 771. The van der Waals surface area contributed by atoms with Gasteiger partial charge in [0.05, 0.1) is 22.5 Å².